The van der Waals surface area contributed by atoms with Gasteiger partial charge in [-0.2, -0.15) is 31.4 Å². The number of nitrogens with one attached hydrogen (secondary N) is 1. The average molecular weight is 435 g/mol. The van der Waals surface area contributed by atoms with Crippen LogP contribution in [0.5, 0.6) is 0 Å². The molecule has 1 N–H and O–H groups in total. The molecule has 1 amide bonds. The molecular weight excluding hydrogens is 426 g/mol. The Balaban J connectivity index is 2.00. The molecule has 0 saturated carbocycles. The number of halogens is 7. The molecule has 0 radical (unpaired) electrons. The number of pyridine rings is 1. The number of hydrogen-bond donors (Lipinski definition) is 1. The summed E-state index contributed by atoms with van der Waals surface area (Å²) in [7, 11) is 0. The summed E-state index contributed by atoms with van der Waals surface area (Å²) in [6, 6.07) is 6.87. The second kappa shape index (κ2) is 7.39. The number of alkyl halides is 6. The third kappa shape index (κ3) is 4.50. The van der Waals surface area contributed by atoms with Crippen LogP contribution < -0.4 is 5.32 Å². The highest BCUT2D eigenvalue weighted by atomic mass is 35.5. The van der Waals surface area contributed by atoms with Crippen molar-refractivity contribution in [1.82, 2.24) is 14.8 Å². The molecule has 0 saturated heterocycles. The van der Waals surface area contributed by atoms with E-state index in [2.05, 4.69) is 10.1 Å². The van der Waals surface area contributed by atoms with Gasteiger partial charge >= 0.3 is 12.4 Å². The van der Waals surface area contributed by atoms with Gasteiger partial charge in [0.25, 0.3) is 5.91 Å². The van der Waals surface area contributed by atoms with Crippen molar-refractivity contribution in [3.63, 3.8) is 0 Å². The topological polar surface area (TPSA) is 59.8 Å². The Morgan fingerprint density at radius 3 is 2.38 bits per heavy atom. The standard InChI is InChI=1S/C17H9ClF6N4O/c18-9-2-1-3-11(6-9)28-14(17(22,23)24)12(8-26-28)15(29)27-10-4-5-25-13(7-10)16(19,20)21/h1-8H,(H,25,27,29). The molecule has 0 spiro atoms. The number of nitrogens with zero attached hydrogens (tertiary/aromatic N) is 3. The van der Waals surface area contributed by atoms with Crippen molar-refractivity contribution in [3.05, 3.63) is 70.8 Å². The quantitative estimate of drug-likeness (QED) is 0.576. The number of carbonyl (C=O) groups is 1. The first-order valence-electron chi connectivity index (χ1n) is 7.72. The summed E-state index contributed by atoms with van der Waals surface area (Å²) in [5, 5.41) is 5.75. The van der Waals surface area contributed by atoms with E-state index in [0.717, 1.165) is 12.3 Å². The van der Waals surface area contributed by atoms with Crippen LogP contribution >= 0.6 is 11.6 Å². The number of hydrogen-bond acceptors (Lipinski definition) is 3. The van der Waals surface area contributed by atoms with Crippen LogP contribution in [0, 0.1) is 0 Å². The van der Waals surface area contributed by atoms with Gasteiger partial charge in [-0.05, 0) is 30.3 Å². The fourth-order valence-corrected chi connectivity index (χ4v) is 2.64. The zero-order valence-corrected chi connectivity index (χ0v) is 14.8. The molecule has 12 heteroatoms. The van der Waals surface area contributed by atoms with Gasteiger partial charge in [0.1, 0.15) is 5.69 Å². The highest BCUT2D eigenvalue weighted by molar-refractivity contribution is 6.30. The third-order valence-electron chi connectivity index (χ3n) is 3.64. The van der Waals surface area contributed by atoms with Crippen LogP contribution in [0.4, 0.5) is 32.0 Å². The lowest BCUT2D eigenvalue weighted by atomic mass is 10.2. The zero-order chi connectivity index (χ0) is 21.4. The Labute approximate surface area is 163 Å². The summed E-state index contributed by atoms with van der Waals surface area (Å²) in [6.45, 7) is 0. The smallest absolute Gasteiger partial charge is 0.322 e. The Bertz CT molecular complexity index is 1060. The molecule has 0 aliphatic rings. The molecule has 2 aromatic heterocycles. The molecule has 0 unspecified atom stereocenters. The zero-order valence-electron chi connectivity index (χ0n) is 14.0. The largest absolute Gasteiger partial charge is 0.434 e. The van der Waals surface area contributed by atoms with Crippen LogP contribution in [0.1, 0.15) is 21.7 Å². The minimum absolute atomic E-state index is 0.0489. The second-order valence-electron chi connectivity index (χ2n) is 5.68. The van der Waals surface area contributed by atoms with Crippen molar-refractivity contribution in [1.29, 1.82) is 0 Å². The van der Waals surface area contributed by atoms with E-state index in [1.54, 1.807) is 0 Å². The monoisotopic (exact) mass is 434 g/mol. The van der Waals surface area contributed by atoms with E-state index >= 15 is 0 Å². The van der Waals surface area contributed by atoms with Crippen LogP contribution in [0.2, 0.25) is 5.02 Å². The van der Waals surface area contributed by atoms with Crippen molar-refractivity contribution in [2.24, 2.45) is 0 Å². The summed E-state index contributed by atoms with van der Waals surface area (Å²) < 4.78 is 79.5. The SMILES string of the molecule is O=C(Nc1ccnc(C(F)(F)F)c1)c1cnn(-c2cccc(Cl)c2)c1C(F)(F)F. The normalized spacial score (nSPS) is 12.1. The maximum Gasteiger partial charge on any atom is 0.434 e. The molecule has 152 valence electrons. The van der Waals surface area contributed by atoms with Gasteiger partial charge in [0.05, 0.1) is 17.4 Å². The minimum Gasteiger partial charge on any atom is -0.322 e. The van der Waals surface area contributed by atoms with E-state index in [1.165, 1.54) is 24.3 Å². The number of aromatic nitrogens is 3. The van der Waals surface area contributed by atoms with Crippen molar-refractivity contribution < 1.29 is 31.1 Å². The van der Waals surface area contributed by atoms with Gasteiger partial charge in [0.15, 0.2) is 5.69 Å². The van der Waals surface area contributed by atoms with E-state index in [1.807, 2.05) is 5.32 Å². The fraction of sp³-hybridized carbons (Fsp3) is 0.118. The predicted molar refractivity (Wildman–Crippen MR) is 90.8 cm³/mol. The van der Waals surface area contributed by atoms with Crippen LogP contribution in [-0.4, -0.2) is 20.7 Å². The lowest BCUT2D eigenvalue weighted by Crippen LogP contribution is -2.21. The number of anilines is 1. The lowest BCUT2D eigenvalue weighted by molar-refractivity contribution is -0.143. The fourth-order valence-electron chi connectivity index (χ4n) is 2.45. The first-order valence-corrected chi connectivity index (χ1v) is 8.10. The van der Waals surface area contributed by atoms with E-state index in [9.17, 15) is 31.1 Å². The molecule has 5 nitrogen and oxygen atoms in total. The van der Waals surface area contributed by atoms with E-state index in [-0.39, 0.29) is 16.4 Å². The maximum absolute atomic E-state index is 13.6. The van der Waals surface area contributed by atoms with Gasteiger partial charge in [0, 0.05) is 16.9 Å². The van der Waals surface area contributed by atoms with Crippen LogP contribution in [0.3, 0.4) is 0 Å². The summed E-state index contributed by atoms with van der Waals surface area (Å²) in [4.78, 5) is 15.5. The predicted octanol–water partition coefficient (Wildman–Crippen LogP) is 5.21. The molecule has 3 rings (SSSR count). The Morgan fingerprint density at radius 1 is 1.03 bits per heavy atom. The van der Waals surface area contributed by atoms with Gasteiger partial charge in [-0.3, -0.25) is 9.78 Å². The molecule has 0 bridgehead atoms. The Hall–Kier alpha value is -3.08. The van der Waals surface area contributed by atoms with Gasteiger partial charge in [-0.1, -0.05) is 17.7 Å². The van der Waals surface area contributed by atoms with Crippen molar-refractivity contribution in [3.8, 4) is 5.69 Å². The highest BCUT2D eigenvalue weighted by Crippen LogP contribution is 2.34. The molecule has 3 aromatic rings. The van der Waals surface area contributed by atoms with E-state index in [0.29, 0.717) is 16.9 Å². The molecular formula is C17H9ClF6N4O. The highest BCUT2D eigenvalue weighted by Gasteiger charge is 2.41. The molecule has 29 heavy (non-hydrogen) atoms. The first-order chi connectivity index (χ1) is 13.5. The molecule has 0 aliphatic carbocycles. The average Bonchev–Trinajstić information content (AvgIpc) is 3.07. The summed E-state index contributed by atoms with van der Waals surface area (Å²) >= 11 is 5.79. The van der Waals surface area contributed by atoms with Gasteiger partial charge < -0.3 is 5.32 Å². The van der Waals surface area contributed by atoms with Crippen molar-refractivity contribution in [2.45, 2.75) is 12.4 Å². The van der Waals surface area contributed by atoms with E-state index < -0.39 is 35.2 Å². The number of benzene rings is 1. The maximum atomic E-state index is 13.6. The summed E-state index contributed by atoms with van der Waals surface area (Å²) in [5.41, 5.74) is -4.00. The first kappa shape index (κ1) is 20.6. The summed E-state index contributed by atoms with van der Waals surface area (Å²) in [5.74, 6) is -1.29. The lowest BCUT2D eigenvalue weighted by Gasteiger charge is -2.13. The van der Waals surface area contributed by atoms with Gasteiger partial charge in [-0.15, -0.1) is 0 Å². The van der Waals surface area contributed by atoms with Crippen molar-refractivity contribution in [2.75, 3.05) is 5.32 Å². The molecule has 2 heterocycles. The number of carbonyl (C=O) groups excluding carboxylic acids is 1. The van der Waals surface area contributed by atoms with Crippen LogP contribution in [0.15, 0.2) is 48.8 Å². The van der Waals surface area contributed by atoms with Gasteiger partial charge in [-0.25, -0.2) is 4.68 Å². The van der Waals surface area contributed by atoms with Gasteiger partial charge in [0.2, 0.25) is 0 Å². The van der Waals surface area contributed by atoms with Crippen molar-refractivity contribution >= 4 is 23.2 Å². The Morgan fingerprint density at radius 2 is 1.76 bits per heavy atom. The van der Waals surface area contributed by atoms with Crippen LogP contribution in [0.25, 0.3) is 5.69 Å². The van der Waals surface area contributed by atoms with E-state index in [4.69, 9.17) is 11.6 Å². The molecule has 0 atom stereocenters. The Kier molecular flexibility index (Phi) is 5.26. The molecule has 0 aliphatic heterocycles. The molecule has 0 fully saturated rings. The molecule has 1 aromatic carbocycles. The number of rotatable bonds is 3. The summed E-state index contributed by atoms with van der Waals surface area (Å²) in [6.07, 6.45) is -8.32. The minimum atomic E-state index is -4.99. The third-order valence-corrected chi connectivity index (χ3v) is 3.88. The van der Waals surface area contributed by atoms with Crippen LogP contribution in [-0.2, 0) is 12.4 Å². The second-order valence-corrected chi connectivity index (χ2v) is 6.11. The number of amides is 1.